The Bertz CT molecular complexity index is 1380. The number of allylic oxidation sites excluding steroid dienone is 10. The van der Waals surface area contributed by atoms with E-state index in [0.717, 1.165) is 77.0 Å². The van der Waals surface area contributed by atoms with E-state index < -0.39 is 24.3 Å². The summed E-state index contributed by atoms with van der Waals surface area (Å²) in [5.41, 5.74) is 0. The molecule has 0 aromatic carbocycles. The van der Waals surface area contributed by atoms with Gasteiger partial charge in [0.25, 0.3) is 0 Å². The van der Waals surface area contributed by atoms with Crippen molar-refractivity contribution in [1.29, 1.82) is 0 Å². The second-order valence-electron chi connectivity index (χ2n) is 21.6. The molecule has 0 fully saturated rings. The number of carboxylic acids is 1. The fourth-order valence-electron chi connectivity index (χ4n) is 8.58. The van der Waals surface area contributed by atoms with Crippen LogP contribution in [-0.2, 0) is 33.3 Å². The number of unbranched alkanes of at least 4 members (excludes halogenated alkanes) is 31. The smallest absolute Gasteiger partial charge is 0.306 e. The molecule has 424 valence electrons. The third-order valence-corrected chi connectivity index (χ3v) is 13.2. The number of rotatable bonds is 56. The van der Waals surface area contributed by atoms with Gasteiger partial charge in [0.1, 0.15) is 13.2 Å². The average molecular weight is 1030 g/mol. The number of likely N-dealkylation sites (N-methyl/N-ethyl adjacent to an activating group) is 1. The summed E-state index contributed by atoms with van der Waals surface area (Å²) in [5, 5.41) is 11.8. The SMILES string of the molecule is CC/C=C\C/C=C\C/C=C\C/C=C\CCCCCCCCCCCCCCCCCCCCCCCCC(=O)OC(COC(=O)CCCCCCC/C=C\CCCCCC)COC(OCC[N+](C)(C)C)C(=O)[O-]. The molecule has 9 nitrogen and oxygen atoms in total. The van der Waals surface area contributed by atoms with Crippen LogP contribution in [0.2, 0.25) is 0 Å². The molecule has 0 aliphatic carbocycles. The zero-order valence-corrected chi connectivity index (χ0v) is 48.3. The predicted molar refractivity (Wildman–Crippen MR) is 306 cm³/mol. The van der Waals surface area contributed by atoms with Crippen molar-refractivity contribution < 1.29 is 42.9 Å². The van der Waals surface area contributed by atoms with E-state index in [4.69, 9.17) is 18.9 Å². The predicted octanol–water partition coefficient (Wildman–Crippen LogP) is 16.7. The van der Waals surface area contributed by atoms with Crippen molar-refractivity contribution in [3.63, 3.8) is 0 Å². The molecule has 0 radical (unpaired) electrons. The molecule has 0 N–H and O–H groups in total. The van der Waals surface area contributed by atoms with Crippen LogP contribution >= 0.6 is 0 Å². The first-order chi connectivity index (χ1) is 35.6. The summed E-state index contributed by atoms with van der Waals surface area (Å²) in [5.74, 6) is -2.28. The van der Waals surface area contributed by atoms with Gasteiger partial charge in [-0.2, -0.15) is 0 Å². The molecule has 0 spiro atoms. The third-order valence-electron chi connectivity index (χ3n) is 13.2. The fourth-order valence-corrected chi connectivity index (χ4v) is 8.58. The molecular weight excluding hydrogens is 911 g/mol. The van der Waals surface area contributed by atoms with Gasteiger partial charge in [-0.15, -0.1) is 0 Å². The molecule has 0 aliphatic heterocycles. The van der Waals surface area contributed by atoms with Crippen molar-refractivity contribution in [2.45, 2.75) is 283 Å². The second kappa shape index (κ2) is 55.2. The van der Waals surface area contributed by atoms with Crippen molar-refractivity contribution in [1.82, 2.24) is 0 Å². The number of aliphatic carboxylic acids is 1. The molecule has 2 atom stereocenters. The molecule has 0 amide bonds. The first-order valence-corrected chi connectivity index (χ1v) is 30.4. The van der Waals surface area contributed by atoms with E-state index >= 15 is 0 Å². The number of hydrogen-bond donors (Lipinski definition) is 0. The number of carbonyl (C=O) groups is 3. The van der Waals surface area contributed by atoms with Crippen molar-refractivity contribution in [3.05, 3.63) is 60.8 Å². The summed E-state index contributed by atoms with van der Waals surface area (Å²) in [7, 11) is 5.92. The first-order valence-electron chi connectivity index (χ1n) is 30.4. The Morgan fingerprint density at radius 1 is 0.425 bits per heavy atom. The maximum Gasteiger partial charge on any atom is 0.306 e. The number of carbonyl (C=O) groups excluding carboxylic acids is 3. The molecule has 0 aromatic rings. The zero-order chi connectivity index (χ0) is 53.4. The Balaban J connectivity index is 4.02. The second-order valence-corrected chi connectivity index (χ2v) is 21.6. The molecule has 0 saturated heterocycles. The Morgan fingerprint density at radius 2 is 0.781 bits per heavy atom. The molecule has 0 saturated carbocycles. The number of hydrogen-bond acceptors (Lipinski definition) is 8. The topological polar surface area (TPSA) is 111 Å². The van der Waals surface area contributed by atoms with Gasteiger partial charge in [0.15, 0.2) is 12.4 Å². The van der Waals surface area contributed by atoms with E-state index in [1.165, 1.54) is 161 Å². The van der Waals surface area contributed by atoms with Crippen LogP contribution < -0.4 is 5.11 Å². The Labute approximate surface area is 450 Å². The van der Waals surface area contributed by atoms with E-state index in [-0.39, 0.29) is 38.6 Å². The highest BCUT2D eigenvalue weighted by atomic mass is 16.7. The van der Waals surface area contributed by atoms with Crippen LogP contribution in [0.15, 0.2) is 60.8 Å². The Kier molecular flexibility index (Phi) is 53.0. The van der Waals surface area contributed by atoms with Crippen LogP contribution in [0.1, 0.15) is 271 Å². The van der Waals surface area contributed by atoms with E-state index in [2.05, 4.69) is 74.6 Å². The fraction of sp³-hybridized carbons (Fsp3) is 0.797. The zero-order valence-electron chi connectivity index (χ0n) is 48.3. The molecule has 0 aromatic heterocycles. The molecule has 0 aliphatic rings. The van der Waals surface area contributed by atoms with Gasteiger partial charge in [0.2, 0.25) is 0 Å². The van der Waals surface area contributed by atoms with Crippen LogP contribution in [0.4, 0.5) is 0 Å². The van der Waals surface area contributed by atoms with Gasteiger partial charge >= 0.3 is 11.9 Å². The molecule has 73 heavy (non-hydrogen) atoms. The molecule has 2 unspecified atom stereocenters. The molecule has 9 heteroatoms. The lowest BCUT2D eigenvalue weighted by atomic mass is 10.0. The van der Waals surface area contributed by atoms with E-state index in [1.807, 2.05) is 21.1 Å². The van der Waals surface area contributed by atoms with E-state index in [0.29, 0.717) is 17.4 Å². The quantitative estimate of drug-likeness (QED) is 0.0195. The standard InChI is InChI=1S/C64H115NO8/c1-6-8-10-12-14-16-18-20-21-22-23-24-25-26-27-28-29-30-31-32-33-34-35-36-37-38-39-40-41-43-45-47-49-51-53-55-62(67)73-60(59-72-64(63(68)69)70-57-56-65(3,4)5)58-71-61(66)54-52-50-48-46-44-42-19-17-15-13-11-9-7-2/h8,10,14,16-17,19-21,23-24,60,64H,6-7,9,11-13,15,18,22,25-59H2,1-5H3/b10-8-,16-14-,19-17-,21-20-,24-23-. The van der Waals surface area contributed by atoms with Gasteiger partial charge in [-0.25, -0.2) is 0 Å². The number of nitrogens with zero attached hydrogens (tertiary/aromatic N) is 1. The molecular formula is C64H115NO8. The summed E-state index contributed by atoms with van der Waals surface area (Å²) in [4.78, 5) is 37.2. The van der Waals surface area contributed by atoms with E-state index in [9.17, 15) is 19.5 Å². The highest BCUT2D eigenvalue weighted by Gasteiger charge is 2.22. The lowest BCUT2D eigenvalue weighted by Crippen LogP contribution is -2.44. The van der Waals surface area contributed by atoms with Crippen LogP contribution in [0, 0.1) is 0 Å². The maximum atomic E-state index is 12.9. The summed E-state index contributed by atoms with van der Waals surface area (Å²) in [6.45, 7) is 4.63. The summed E-state index contributed by atoms with van der Waals surface area (Å²) in [6, 6.07) is 0. The van der Waals surface area contributed by atoms with Gasteiger partial charge in [-0.3, -0.25) is 9.59 Å². The minimum absolute atomic E-state index is 0.147. The highest BCUT2D eigenvalue weighted by Crippen LogP contribution is 2.17. The molecule has 0 rings (SSSR count). The van der Waals surface area contributed by atoms with E-state index in [1.54, 1.807) is 0 Å². The summed E-state index contributed by atoms with van der Waals surface area (Å²) in [6.07, 6.45) is 67.3. The van der Waals surface area contributed by atoms with Crippen LogP contribution in [0.25, 0.3) is 0 Å². The van der Waals surface area contributed by atoms with Crippen LogP contribution in [0.5, 0.6) is 0 Å². The third kappa shape index (κ3) is 56.6. The van der Waals surface area contributed by atoms with Gasteiger partial charge in [-0.05, 0) is 77.0 Å². The van der Waals surface area contributed by atoms with Crippen LogP contribution in [0.3, 0.4) is 0 Å². The van der Waals surface area contributed by atoms with Crippen LogP contribution in [-0.4, -0.2) is 82.3 Å². The average Bonchev–Trinajstić information content (AvgIpc) is 3.36. The highest BCUT2D eigenvalue weighted by molar-refractivity contribution is 5.70. The summed E-state index contributed by atoms with van der Waals surface area (Å²) >= 11 is 0. The van der Waals surface area contributed by atoms with Gasteiger partial charge < -0.3 is 33.3 Å². The monoisotopic (exact) mass is 1030 g/mol. The normalized spacial score (nSPS) is 13.2. The van der Waals surface area contributed by atoms with Crippen molar-refractivity contribution >= 4 is 17.9 Å². The Hall–Kier alpha value is -3.01. The van der Waals surface area contributed by atoms with Crippen molar-refractivity contribution in [2.75, 3.05) is 47.5 Å². The largest absolute Gasteiger partial charge is 0.545 e. The molecule has 0 heterocycles. The minimum atomic E-state index is -1.62. The number of ether oxygens (including phenoxy) is 4. The number of quaternary nitrogens is 1. The van der Waals surface area contributed by atoms with Crippen molar-refractivity contribution in [2.24, 2.45) is 0 Å². The maximum absolute atomic E-state index is 12.9. The van der Waals surface area contributed by atoms with Gasteiger partial charge in [-0.1, -0.05) is 242 Å². The van der Waals surface area contributed by atoms with Gasteiger partial charge in [0, 0.05) is 12.8 Å². The Morgan fingerprint density at radius 3 is 1.18 bits per heavy atom. The van der Waals surface area contributed by atoms with Crippen molar-refractivity contribution in [3.8, 4) is 0 Å². The first kappa shape index (κ1) is 70.0. The lowest BCUT2D eigenvalue weighted by molar-refractivity contribution is -0.870. The number of esters is 2. The minimum Gasteiger partial charge on any atom is -0.545 e. The number of carboxylic acid groups (broad SMARTS) is 1. The molecule has 0 bridgehead atoms. The van der Waals surface area contributed by atoms with Gasteiger partial charge in [0.05, 0.1) is 40.3 Å². The summed E-state index contributed by atoms with van der Waals surface area (Å²) < 4.78 is 22.7. The lowest BCUT2D eigenvalue weighted by Gasteiger charge is -2.26.